The highest BCUT2D eigenvalue weighted by Crippen LogP contribution is 2.35. The van der Waals surface area contributed by atoms with Crippen molar-refractivity contribution in [3.63, 3.8) is 0 Å². The largest absolute Gasteiger partial charge is 0.389 e. The fraction of sp³-hybridized carbons (Fsp3) is 0.478. The van der Waals surface area contributed by atoms with Gasteiger partial charge in [0.1, 0.15) is 5.69 Å². The van der Waals surface area contributed by atoms with Gasteiger partial charge in [0.2, 0.25) is 5.95 Å². The monoisotopic (exact) mass is 463 g/mol. The molecule has 1 saturated heterocycles. The van der Waals surface area contributed by atoms with Crippen LogP contribution < -0.4 is 10.6 Å². The van der Waals surface area contributed by atoms with Crippen LogP contribution in [0, 0.1) is 0 Å². The van der Waals surface area contributed by atoms with E-state index in [4.69, 9.17) is 5.73 Å². The van der Waals surface area contributed by atoms with E-state index in [-0.39, 0.29) is 5.69 Å². The Balaban J connectivity index is 1.23. The first kappa shape index (κ1) is 22.4. The van der Waals surface area contributed by atoms with E-state index in [0.29, 0.717) is 23.8 Å². The Morgan fingerprint density at radius 1 is 1.21 bits per heavy atom. The maximum Gasteiger partial charge on any atom is 0.269 e. The molecule has 11 nitrogen and oxygen atoms in total. The van der Waals surface area contributed by atoms with Crippen molar-refractivity contribution in [2.45, 2.75) is 43.9 Å². The van der Waals surface area contributed by atoms with E-state index in [9.17, 15) is 9.90 Å². The second kappa shape index (κ2) is 9.07. The Kier molecular flexibility index (Phi) is 5.96. The molecule has 1 saturated carbocycles. The van der Waals surface area contributed by atoms with Crippen molar-refractivity contribution in [2.75, 3.05) is 31.6 Å². The Bertz CT molecular complexity index is 1160. The number of anilines is 1. The summed E-state index contributed by atoms with van der Waals surface area (Å²) in [5.74, 6) is 0.103. The van der Waals surface area contributed by atoms with Gasteiger partial charge in [-0.1, -0.05) is 0 Å². The molecule has 3 aromatic rings. The first-order valence-corrected chi connectivity index (χ1v) is 11.5. The highest BCUT2D eigenvalue weighted by atomic mass is 16.3. The van der Waals surface area contributed by atoms with Crippen LogP contribution in [-0.2, 0) is 6.54 Å². The third kappa shape index (κ3) is 4.90. The van der Waals surface area contributed by atoms with Crippen LogP contribution in [0.3, 0.4) is 0 Å². The number of aliphatic hydroxyl groups is 1. The number of nitrogens with two attached hydrogens (primary N) is 1. The second-order valence-corrected chi connectivity index (χ2v) is 9.35. The third-order valence-corrected chi connectivity index (χ3v) is 6.42. The molecule has 1 aliphatic heterocycles. The van der Waals surface area contributed by atoms with E-state index >= 15 is 0 Å². The molecule has 11 heteroatoms. The van der Waals surface area contributed by atoms with Gasteiger partial charge in [-0.3, -0.25) is 14.5 Å². The van der Waals surface area contributed by atoms with Gasteiger partial charge in [0, 0.05) is 67.8 Å². The van der Waals surface area contributed by atoms with Gasteiger partial charge in [0.05, 0.1) is 18.3 Å². The molecule has 178 valence electrons. The minimum absolute atomic E-state index is 0.117. The summed E-state index contributed by atoms with van der Waals surface area (Å²) in [5, 5.41) is 14.6. The summed E-state index contributed by atoms with van der Waals surface area (Å²) in [6.07, 6.45) is 14.0. The molecule has 1 aliphatic carbocycles. The predicted octanol–water partition coefficient (Wildman–Crippen LogP) is 0.703. The van der Waals surface area contributed by atoms with Crippen molar-refractivity contribution in [1.29, 1.82) is 0 Å². The SMILES string of the molecule is CN(CC1CCCN1c1ncc(Cn2cc(-c3nccnc3C(N)=O)cn2)cn1)CC1(O)CC1. The maximum atomic E-state index is 11.6. The van der Waals surface area contributed by atoms with E-state index in [1.165, 1.54) is 12.4 Å². The van der Waals surface area contributed by atoms with Crippen molar-refractivity contribution >= 4 is 11.9 Å². The molecule has 3 aromatic heterocycles. The molecule has 1 unspecified atom stereocenters. The fourth-order valence-electron chi connectivity index (χ4n) is 4.58. The van der Waals surface area contributed by atoms with Crippen LogP contribution in [-0.4, -0.2) is 84.0 Å². The molecule has 5 rings (SSSR count). The average molecular weight is 464 g/mol. The lowest BCUT2D eigenvalue weighted by Gasteiger charge is -2.29. The Morgan fingerprint density at radius 3 is 2.71 bits per heavy atom. The highest BCUT2D eigenvalue weighted by Gasteiger charge is 2.41. The molecule has 0 spiro atoms. The molecule has 3 N–H and O–H groups in total. The lowest BCUT2D eigenvalue weighted by atomic mass is 10.2. The maximum absolute atomic E-state index is 11.6. The zero-order valence-electron chi connectivity index (χ0n) is 19.2. The predicted molar refractivity (Wildman–Crippen MR) is 125 cm³/mol. The number of amides is 1. The van der Waals surface area contributed by atoms with E-state index in [1.54, 1.807) is 17.1 Å². The first-order valence-electron chi connectivity index (χ1n) is 11.5. The number of hydrogen-bond donors (Lipinski definition) is 2. The summed E-state index contributed by atoms with van der Waals surface area (Å²) in [6.45, 7) is 3.03. The number of aromatic nitrogens is 6. The number of primary amides is 1. The van der Waals surface area contributed by atoms with Gasteiger partial charge in [-0.25, -0.2) is 15.0 Å². The average Bonchev–Trinajstić information content (AvgIpc) is 3.18. The summed E-state index contributed by atoms with van der Waals surface area (Å²) in [7, 11) is 2.07. The number of carbonyl (C=O) groups is 1. The van der Waals surface area contributed by atoms with Crippen molar-refractivity contribution in [3.05, 3.63) is 48.4 Å². The summed E-state index contributed by atoms with van der Waals surface area (Å²) in [4.78, 5) is 33.6. The number of carbonyl (C=O) groups excluding carboxylic acids is 1. The van der Waals surface area contributed by atoms with E-state index in [0.717, 1.165) is 56.8 Å². The van der Waals surface area contributed by atoms with E-state index in [2.05, 4.69) is 41.9 Å². The Morgan fingerprint density at radius 2 is 1.97 bits per heavy atom. The zero-order chi connectivity index (χ0) is 23.7. The number of hydrogen-bond acceptors (Lipinski definition) is 9. The standard InChI is InChI=1S/C23H29N9O2/c1-30(15-23(34)4-5-23)14-18-3-2-8-32(18)22-27-9-16(10-28-22)12-31-13-17(11-29-31)19-20(21(24)33)26-7-6-25-19/h6-7,9-11,13,18,34H,2-5,8,12,14-15H2,1H3,(H2,24,33). The molecule has 34 heavy (non-hydrogen) atoms. The first-order chi connectivity index (χ1) is 16.4. The molecule has 0 bridgehead atoms. The minimum Gasteiger partial charge on any atom is -0.389 e. The van der Waals surface area contributed by atoms with Gasteiger partial charge in [0.15, 0.2) is 5.69 Å². The van der Waals surface area contributed by atoms with Gasteiger partial charge >= 0.3 is 0 Å². The molecule has 0 aromatic carbocycles. The highest BCUT2D eigenvalue weighted by molar-refractivity contribution is 5.96. The van der Waals surface area contributed by atoms with Crippen molar-refractivity contribution in [2.24, 2.45) is 5.73 Å². The topological polar surface area (TPSA) is 139 Å². The normalized spacial score (nSPS) is 19.0. The van der Waals surface area contributed by atoms with Crippen LogP contribution in [0.4, 0.5) is 5.95 Å². The van der Waals surface area contributed by atoms with Crippen molar-refractivity contribution < 1.29 is 9.90 Å². The van der Waals surface area contributed by atoms with Gasteiger partial charge in [-0.05, 0) is 32.7 Å². The zero-order valence-corrected chi connectivity index (χ0v) is 19.2. The van der Waals surface area contributed by atoms with Gasteiger partial charge in [0.25, 0.3) is 5.91 Å². The molecular weight excluding hydrogens is 434 g/mol. The molecule has 1 atom stereocenters. The lowest BCUT2D eigenvalue weighted by molar-refractivity contribution is 0.0994. The molecule has 4 heterocycles. The summed E-state index contributed by atoms with van der Waals surface area (Å²) in [6, 6.07) is 0.346. The van der Waals surface area contributed by atoms with Gasteiger partial charge in [-0.15, -0.1) is 0 Å². The summed E-state index contributed by atoms with van der Waals surface area (Å²) >= 11 is 0. The summed E-state index contributed by atoms with van der Waals surface area (Å²) < 4.78 is 1.74. The molecule has 2 fully saturated rings. The van der Waals surface area contributed by atoms with E-state index in [1.807, 2.05) is 12.4 Å². The van der Waals surface area contributed by atoms with Gasteiger partial charge < -0.3 is 20.6 Å². The number of rotatable bonds is 9. The van der Waals surface area contributed by atoms with Crippen LogP contribution in [0.1, 0.15) is 41.7 Å². The van der Waals surface area contributed by atoms with Crippen LogP contribution >= 0.6 is 0 Å². The lowest BCUT2D eigenvalue weighted by Crippen LogP contribution is -2.42. The van der Waals surface area contributed by atoms with E-state index < -0.39 is 11.5 Å². The molecular formula is C23H29N9O2. The minimum atomic E-state index is -0.630. The second-order valence-electron chi connectivity index (χ2n) is 9.35. The van der Waals surface area contributed by atoms with Crippen molar-refractivity contribution in [3.8, 4) is 11.3 Å². The number of nitrogens with zero attached hydrogens (tertiary/aromatic N) is 8. The van der Waals surface area contributed by atoms with Crippen LogP contribution in [0.2, 0.25) is 0 Å². The van der Waals surface area contributed by atoms with Gasteiger partial charge in [-0.2, -0.15) is 5.10 Å². The molecule has 1 amide bonds. The Hall–Kier alpha value is -3.44. The fourth-order valence-corrected chi connectivity index (χ4v) is 4.58. The van der Waals surface area contributed by atoms with Crippen LogP contribution in [0.25, 0.3) is 11.3 Å². The van der Waals surface area contributed by atoms with Crippen molar-refractivity contribution in [1.82, 2.24) is 34.6 Å². The van der Waals surface area contributed by atoms with Crippen LogP contribution in [0.5, 0.6) is 0 Å². The Labute approximate surface area is 197 Å². The summed E-state index contributed by atoms with van der Waals surface area (Å²) in [5.41, 5.74) is 7.04. The third-order valence-electron chi connectivity index (χ3n) is 6.42. The molecule has 2 aliphatic rings. The quantitative estimate of drug-likeness (QED) is 0.469. The van der Waals surface area contributed by atoms with Crippen LogP contribution in [0.15, 0.2) is 37.2 Å². The smallest absolute Gasteiger partial charge is 0.269 e. The molecule has 0 radical (unpaired) electrons. The number of likely N-dealkylation sites (N-methyl/N-ethyl adjacent to an activating group) is 1.